The number of carbonyl (C=O) groups is 2. The largest absolute Gasteiger partial charge is 0.478 e. The molecule has 5 atom stereocenters. The van der Waals surface area contributed by atoms with E-state index < -0.39 is 49.3 Å². The van der Waals surface area contributed by atoms with Crippen molar-refractivity contribution in [1.82, 2.24) is 0 Å². The van der Waals surface area contributed by atoms with Gasteiger partial charge in [0.25, 0.3) is 0 Å². The molecule has 9 nitrogen and oxygen atoms in total. The van der Waals surface area contributed by atoms with Gasteiger partial charge in [0.05, 0.1) is 6.61 Å². The number of aliphatic hydroxyl groups excluding tert-OH is 4. The molecule has 9 heteroatoms. The number of hydrogen-bond donors (Lipinski definition) is 5. The highest BCUT2D eigenvalue weighted by Crippen LogP contribution is 2.22. The number of ether oxygens (including phenoxy) is 2. The maximum Gasteiger partial charge on any atom is 0.336 e. The average Bonchev–Trinajstić information content (AvgIpc) is 2.81. The lowest BCUT2D eigenvalue weighted by Crippen LogP contribution is -2.59. The van der Waals surface area contributed by atoms with Crippen LogP contribution in [0.4, 0.5) is 0 Å². The molecule has 1 heterocycles. The van der Waals surface area contributed by atoms with Gasteiger partial charge in [0.1, 0.15) is 24.4 Å². The van der Waals surface area contributed by atoms with Crippen molar-refractivity contribution in [2.75, 3.05) is 6.61 Å². The lowest BCUT2D eigenvalue weighted by atomic mass is 9.99. The Morgan fingerprint density at radius 1 is 0.771 bits per heavy atom. The zero-order chi connectivity index (χ0) is 26.5. The summed E-state index contributed by atoms with van der Waals surface area (Å²) in [6.07, 6.45) is 9.79. The Hall–Kier alpha value is -3.08. The molecule has 192 valence electrons. The van der Waals surface area contributed by atoms with Crippen LogP contribution in [-0.2, 0) is 19.1 Å². The van der Waals surface area contributed by atoms with Crippen LogP contribution in [0.3, 0.4) is 0 Å². The minimum atomic E-state index is -1.66. The third kappa shape index (κ3) is 10.4. The maximum absolute atomic E-state index is 12.2. The fraction of sp³-hybridized carbons (Fsp3) is 0.385. The molecular weight excluding hydrogens is 456 g/mol. The molecule has 5 N–H and O–H groups in total. The fourth-order valence-corrected chi connectivity index (χ4v) is 2.72. The van der Waals surface area contributed by atoms with Crippen molar-refractivity contribution < 1.29 is 44.6 Å². The fourth-order valence-electron chi connectivity index (χ4n) is 2.72. The van der Waals surface area contributed by atoms with E-state index in [1.54, 1.807) is 24.3 Å². The summed E-state index contributed by atoms with van der Waals surface area (Å²) in [5, 5.41) is 47.5. The van der Waals surface area contributed by atoms with Gasteiger partial charge < -0.3 is 35.0 Å². The Morgan fingerprint density at radius 2 is 1.29 bits per heavy atom. The molecule has 0 aromatic heterocycles. The summed E-state index contributed by atoms with van der Waals surface area (Å²) in [5.41, 5.74) is 2.29. The third-order valence-corrected chi connectivity index (χ3v) is 4.97. The second kappa shape index (κ2) is 15.0. The first-order valence-corrected chi connectivity index (χ1v) is 10.9. The molecule has 35 heavy (non-hydrogen) atoms. The summed E-state index contributed by atoms with van der Waals surface area (Å²) < 4.78 is 10.2. The number of allylic oxidation sites excluding steroid dienone is 12. The Bertz CT molecular complexity index is 948. The Balaban J connectivity index is 2.64. The number of carbonyl (C=O) groups excluding carboxylic acids is 1. The van der Waals surface area contributed by atoms with E-state index in [9.17, 15) is 30.0 Å². The van der Waals surface area contributed by atoms with Gasteiger partial charge in [-0.3, -0.25) is 0 Å². The van der Waals surface area contributed by atoms with Crippen LogP contribution in [0, 0.1) is 0 Å². The normalized spacial score (nSPS) is 27.3. The van der Waals surface area contributed by atoms with Crippen molar-refractivity contribution in [2.45, 2.75) is 58.4 Å². The molecule has 0 radical (unpaired) electrons. The summed E-state index contributed by atoms with van der Waals surface area (Å²) in [6.45, 7) is 6.16. The molecular formula is C26H34O9. The molecule has 0 bridgehead atoms. The van der Waals surface area contributed by atoms with E-state index in [1.807, 2.05) is 38.2 Å². The van der Waals surface area contributed by atoms with E-state index in [4.69, 9.17) is 14.6 Å². The zero-order valence-corrected chi connectivity index (χ0v) is 20.2. The van der Waals surface area contributed by atoms with Crippen LogP contribution in [0.2, 0.25) is 0 Å². The van der Waals surface area contributed by atoms with Gasteiger partial charge in [-0.1, -0.05) is 71.9 Å². The summed E-state index contributed by atoms with van der Waals surface area (Å²) in [7, 11) is 0. The van der Waals surface area contributed by atoms with Crippen molar-refractivity contribution in [3.05, 3.63) is 83.1 Å². The van der Waals surface area contributed by atoms with Gasteiger partial charge in [-0.05, 0) is 27.7 Å². The second-order valence-electron chi connectivity index (χ2n) is 8.03. The first kappa shape index (κ1) is 30.0. The van der Waals surface area contributed by atoms with Crippen molar-refractivity contribution in [2.24, 2.45) is 0 Å². The third-order valence-electron chi connectivity index (χ3n) is 4.97. The van der Waals surface area contributed by atoms with Crippen molar-refractivity contribution >= 4 is 11.9 Å². The van der Waals surface area contributed by atoms with Gasteiger partial charge in [0.2, 0.25) is 6.29 Å². The predicted molar refractivity (Wildman–Crippen MR) is 130 cm³/mol. The van der Waals surface area contributed by atoms with E-state index in [-0.39, 0.29) is 11.1 Å². The van der Waals surface area contributed by atoms with E-state index in [0.717, 1.165) is 11.1 Å². The second-order valence-corrected chi connectivity index (χ2v) is 8.03. The number of carboxylic acid groups (broad SMARTS) is 1. The van der Waals surface area contributed by atoms with Crippen LogP contribution in [0.5, 0.6) is 0 Å². The molecule has 1 rings (SSSR count). The molecule has 1 aliphatic heterocycles. The van der Waals surface area contributed by atoms with E-state index in [2.05, 4.69) is 0 Å². The quantitative estimate of drug-likeness (QED) is 0.175. The predicted octanol–water partition coefficient (Wildman–Crippen LogP) is 1.87. The highest BCUT2D eigenvalue weighted by molar-refractivity contribution is 5.88. The minimum absolute atomic E-state index is 0.207. The molecule has 0 spiro atoms. The van der Waals surface area contributed by atoms with Crippen molar-refractivity contribution in [3.63, 3.8) is 0 Å². The smallest absolute Gasteiger partial charge is 0.336 e. The SMILES string of the molecule is CC(/C=C\C=C(/C)C(=O)O)=C\C=C\C=C(C)\C=C\C=C(/C)C(=O)O[C@@H]1O[C@@H](CO)[C@@H](O)[C@H](O)[C@@H]1O. The molecule has 0 aromatic carbocycles. The van der Waals surface area contributed by atoms with Crippen LogP contribution in [-0.4, -0.2) is 74.8 Å². The first-order chi connectivity index (χ1) is 16.5. The molecule has 0 aliphatic carbocycles. The standard InChI is InChI=1S/C26H34O9/c1-16(11-7-13-18(3)24(31)32)9-5-6-10-17(2)12-8-14-19(4)25(33)35-26-23(30)22(29)21(28)20(15-27)34-26/h5-14,20-23,26-30H,15H2,1-4H3,(H,31,32)/b6-5+,11-7-,12-8+,16-9+,17-10+,18-13+,19-14+/t20-,21+,22-,23-,26-/m0/s1. The van der Waals surface area contributed by atoms with Crippen LogP contribution in [0.15, 0.2) is 83.1 Å². The Labute approximate surface area is 205 Å². The molecule has 0 aromatic rings. The minimum Gasteiger partial charge on any atom is -0.478 e. The molecule has 0 amide bonds. The molecule has 0 unspecified atom stereocenters. The van der Waals surface area contributed by atoms with Gasteiger partial charge >= 0.3 is 11.9 Å². The Kier molecular flexibility index (Phi) is 12.9. The zero-order valence-electron chi connectivity index (χ0n) is 20.2. The topological polar surface area (TPSA) is 154 Å². The summed E-state index contributed by atoms with van der Waals surface area (Å²) in [6, 6.07) is 0. The first-order valence-electron chi connectivity index (χ1n) is 10.9. The van der Waals surface area contributed by atoms with Crippen molar-refractivity contribution in [1.29, 1.82) is 0 Å². The number of aliphatic hydroxyl groups is 4. The van der Waals surface area contributed by atoms with E-state index >= 15 is 0 Å². The highest BCUT2D eigenvalue weighted by atomic mass is 16.7. The molecule has 0 saturated carbocycles. The maximum atomic E-state index is 12.2. The highest BCUT2D eigenvalue weighted by Gasteiger charge is 2.45. The lowest BCUT2D eigenvalue weighted by molar-refractivity contribution is -0.291. The Morgan fingerprint density at radius 3 is 1.77 bits per heavy atom. The lowest BCUT2D eigenvalue weighted by Gasteiger charge is -2.39. The number of aliphatic carboxylic acids is 1. The molecule has 1 fully saturated rings. The monoisotopic (exact) mass is 490 g/mol. The van der Waals surface area contributed by atoms with Gasteiger partial charge in [0.15, 0.2) is 0 Å². The summed E-state index contributed by atoms with van der Waals surface area (Å²) in [4.78, 5) is 23.0. The number of esters is 1. The van der Waals surface area contributed by atoms with Crippen LogP contribution >= 0.6 is 0 Å². The van der Waals surface area contributed by atoms with Crippen LogP contribution in [0.25, 0.3) is 0 Å². The van der Waals surface area contributed by atoms with Gasteiger partial charge in [0, 0.05) is 11.1 Å². The number of rotatable bonds is 10. The number of carboxylic acids is 1. The van der Waals surface area contributed by atoms with Crippen LogP contribution < -0.4 is 0 Å². The van der Waals surface area contributed by atoms with Crippen molar-refractivity contribution in [3.8, 4) is 0 Å². The average molecular weight is 491 g/mol. The van der Waals surface area contributed by atoms with Gasteiger partial charge in [-0.2, -0.15) is 0 Å². The van der Waals surface area contributed by atoms with Gasteiger partial charge in [-0.15, -0.1) is 0 Å². The van der Waals surface area contributed by atoms with Gasteiger partial charge in [-0.25, -0.2) is 9.59 Å². The molecule has 1 saturated heterocycles. The number of hydrogen-bond acceptors (Lipinski definition) is 8. The van der Waals surface area contributed by atoms with Crippen LogP contribution in [0.1, 0.15) is 27.7 Å². The summed E-state index contributed by atoms with van der Waals surface area (Å²) in [5.74, 6) is -1.75. The molecule has 1 aliphatic rings. The van der Waals surface area contributed by atoms with E-state index in [1.165, 1.54) is 26.0 Å². The summed E-state index contributed by atoms with van der Waals surface area (Å²) >= 11 is 0. The van der Waals surface area contributed by atoms with E-state index in [0.29, 0.717) is 0 Å².